The van der Waals surface area contributed by atoms with Crippen LogP contribution in [0.15, 0.2) is 53.3 Å². The number of fused-ring (bicyclic) bond motifs is 2. The van der Waals surface area contributed by atoms with Crippen LogP contribution in [0.25, 0.3) is 10.8 Å². The Kier molecular flexibility index (Phi) is 4.49. The van der Waals surface area contributed by atoms with E-state index in [0.29, 0.717) is 17.4 Å². The molecular weight excluding hydrogens is 340 g/mol. The largest absolute Gasteiger partial charge is 0.354 e. The predicted molar refractivity (Wildman–Crippen MR) is 105 cm³/mol. The van der Waals surface area contributed by atoms with E-state index >= 15 is 0 Å². The molecule has 1 aromatic heterocycles. The van der Waals surface area contributed by atoms with Gasteiger partial charge in [0.15, 0.2) is 5.69 Å². The van der Waals surface area contributed by atoms with Crippen molar-refractivity contribution in [3.8, 4) is 0 Å². The molecule has 0 spiro atoms. The first-order valence-electron chi connectivity index (χ1n) is 9.10. The number of rotatable bonds is 4. The summed E-state index contributed by atoms with van der Waals surface area (Å²) in [5.41, 5.74) is 2.75. The number of aryl methyl sites for hydroxylation is 1. The van der Waals surface area contributed by atoms with E-state index in [1.807, 2.05) is 13.1 Å². The van der Waals surface area contributed by atoms with Crippen LogP contribution in [0.4, 0.5) is 0 Å². The van der Waals surface area contributed by atoms with Gasteiger partial charge in [0.1, 0.15) is 0 Å². The van der Waals surface area contributed by atoms with E-state index in [9.17, 15) is 9.59 Å². The maximum absolute atomic E-state index is 12.9. The molecule has 0 bridgehead atoms. The summed E-state index contributed by atoms with van der Waals surface area (Å²) in [5, 5.41) is 8.08. The third-order valence-corrected chi connectivity index (χ3v) is 5.30. The first-order chi connectivity index (χ1) is 13.1. The van der Waals surface area contributed by atoms with Gasteiger partial charge in [-0.3, -0.25) is 14.5 Å². The van der Waals surface area contributed by atoms with E-state index < -0.39 is 0 Å². The number of benzene rings is 2. The van der Waals surface area contributed by atoms with Gasteiger partial charge in [-0.1, -0.05) is 42.5 Å². The number of carbonyl (C=O) groups excluding carboxylic acids is 1. The SMILES string of the molecule is CNC(=O)c1nn(CN(C)[C@H]2CCc3ccccc32)c(=O)c2ccccc12. The third-order valence-electron chi connectivity index (χ3n) is 5.30. The summed E-state index contributed by atoms with van der Waals surface area (Å²) in [6.45, 7) is 0.326. The number of carbonyl (C=O) groups is 1. The molecule has 6 heteroatoms. The minimum atomic E-state index is -0.297. The lowest BCUT2D eigenvalue weighted by Crippen LogP contribution is -2.35. The highest BCUT2D eigenvalue weighted by Gasteiger charge is 2.26. The molecule has 2 aromatic carbocycles. The number of nitrogens with zero attached hydrogens (tertiary/aromatic N) is 3. The minimum Gasteiger partial charge on any atom is -0.354 e. The normalized spacial score (nSPS) is 15.9. The van der Waals surface area contributed by atoms with E-state index in [-0.39, 0.29) is 23.2 Å². The fourth-order valence-electron chi connectivity index (χ4n) is 3.92. The van der Waals surface area contributed by atoms with E-state index in [4.69, 9.17) is 0 Å². The quantitative estimate of drug-likeness (QED) is 0.774. The number of aromatic nitrogens is 2. The highest BCUT2D eigenvalue weighted by atomic mass is 16.2. The van der Waals surface area contributed by atoms with Gasteiger partial charge in [-0.2, -0.15) is 5.10 Å². The van der Waals surface area contributed by atoms with Crippen LogP contribution in [0.5, 0.6) is 0 Å². The summed E-state index contributed by atoms with van der Waals surface area (Å²) in [7, 11) is 3.56. The molecule has 138 valence electrons. The smallest absolute Gasteiger partial charge is 0.275 e. The molecule has 0 radical (unpaired) electrons. The Morgan fingerprint density at radius 3 is 2.67 bits per heavy atom. The lowest BCUT2D eigenvalue weighted by molar-refractivity contribution is 0.0955. The minimum absolute atomic E-state index is 0.184. The van der Waals surface area contributed by atoms with Crippen molar-refractivity contribution in [2.45, 2.75) is 25.6 Å². The molecule has 3 aromatic rings. The Morgan fingerprint density at radius 2 is 1.89 bits per heavy atom. The van der Waals surface area contributed by atoms with Crippen LogP contribution < -0.4 is 10.9 Å². The summed E-state index contributed by atoms with van der Waals surface area (Å²) in [6.07, 6.45) is 2.05. The lowest BCUT2D eigenvalue weighted by Gasteiger charge is -2.25. The van der Waals surface area contributed by atoms with Gasteiger partial charge in [0.05, 0.1) is 12.1 Å². The zero-order valence-electron chi connectivity index (χ0n) is 15.5. The van der Waals surface area contributed by atoms with Crippen LogP contribution in [0.1, 0.15) is 34.1 Å². The van der Waals surface area contributed by atoms with E-state index in [0.717, 1.165) is 12.8 Å². The second-order valence-electron chi connectivity index (χ2n) is 6.93. The molecule has 27 heavy (non-hydrogen) atoms. The second kappa shape index (κ2) is 6.96. The Labute approximate surface area is 157 Å². The van der Waals surface area contributed by atoms with E-state index in [1.165, 1.54) is 15.8 Å². The topological polar surface area (TPSA) is 67.2 Å². The highest BCUT2D eigenvalue weighted by Crippen LogP contribution is 2.34. The maximum Gasteiger partial charge on any atom is 0.275 e. The van der Waals surface area contributed by atoms with Crippen LogP contribution in [0.2, 0.25) is 0 Å². The average Bonchev–Trinajstić information content (AvgIpc) is 3.14. The van der Waals surface area contributed by atoms with Gasteiger partial charge in [0.25, 0.3) is 11.5 Å². The summed E-state index contributed by atoms with van der Waals surface area (Å²) >= 11 is 0. The van der Waals surface area contributed by atoms with Crippen LogP contribution >= 0.6 is 0 Å². The van der Waals surface area contributed by atoms with Gasteiger partial charge in [-0.25, -0.2) is 4.68 Å². The third kappa shape index (κ3) is 3.02. The molecule has 0 fully saturated rings. The van der Waals surface area contributed by atoms with Gasteiger partial charge in [0, 0.05) is 18.5 Å². The van der Waals surface area contributed by atoms with E-state index in [2.05, 4.69) is 39.6 Å². The maximum atomic E-state index is 12.9. The first kappa shape index (κ1) is 17.4. The Morgan fingerprint density at radius 1 is 1.19 bits per heavy atom. The standard InChI is InChI=1S/C21H22N4O2/c1-22-20(26)19-16-9-5-6-10-17(16)21(27)25(23-19)13-24(2)18-12-11-14-7-3-4-8-15(14)18/h3-10,18H,11-13H2,1-2H3,(H,22,26)/t18-/m0/s1. The van der Waals surface area contributed by atoms with Crippen molar-refractivity contribution in [2.75, 3.05) is 14.1 Å². The first-order valence-corrected chi connectivity index (χ1v) is 9.10. The molecule has 1 heterocycles. The average molecular weight is 362 g/mol. The summed E-state index contributed by atoms with van der Waals surface area (Å²) < 4.78 is 1.40. The molecule has 1 atom stereocenters. The number of hydrogen-bond donors (Lipinski definition) is 1. The molecular formula is C21H22N4O2. The molecule has 0 unspecified atom stereocenters. The monoisotopic (exact) mass is 362 g/mol. The summed E-state index contributed by atoms with van der Waals surface area (Å²) in [4.78, 5) is 27.4. The molecule has 4 rings (SSSR count). The van der Waals surface area contributed by atoms with Crippen molar-refractivity contribution in [3.05, 3.63) is 75.7 Å². The predicted octanol–water partition coefficient (Wildman–Crippen LogP) is 2.33. The Balaban J connectivity index is 1.73. The fraction of sp³-hybridized carbons (Fsp3) is 0.286. The van der Waals surface area contributed by atoms with Crippen LogP contribution in [-0.4, -0.2) is 34.7 Å². The Bertz CT molecular complexity index is 1070. The molecule has 1 amide bonds. The van der Waals surface area contributed by atoms with Gasteiger partial charge in [-0.05, 0) is 37.1 Å². The van der Waals surface area contributed by atoms with Gasteiger partial charge >= 0.3 is 0 Å². The summed E-state index contributed by atoms with van der Waals surface area (Å²) in [5.74, 6) is -0.297. The van der Waals surface area contributed by atoms with Crippen molar-refractivity contribution < 1.29 is 4.79 Å². The molecule has 0 aliphatic heterocycles. The van der Waals surface area contributed by atoms with Crippen molar-refractivity contribution in [2.24, 2.45) is 0 Å². The van der Waals surface area contributed by atoms with Crippen molar-refractivity contribution in [3.63, 3.8) is 0 Å². The zero-order chi connectivity index (χ0) is 19.0. The van der Waals surface area contributed by atoms with Gasteiger partial charge in [0.2, 0.25) is 0 Å². The number of nitrogens with one attached hydrogen (secondary N) is 1. The molecule has 1 N–H and O–H groups in total. The second-order valence-corrected chi connectivity index (χ2v) is 6.93. The molecule has 0 saturated heterocycles. The van der Waals surface area contributed by atoms with Crippen molar-refractivity contribution in [1.82, 2.24) is 20.0 Å². The molecule has 0 saturated carbocycles. The lowest BCUT2D eigenvalue weighted by atomic mass is 10.1. The van der Waals surface area contributed by atoms with Crippen molar-refractivity contribution >= 4 is 16.7 Å². The fourth-order valence-corrected chi connectivity index (χ4v) is 3.92. The van der Waals surface area contributed by atoms with Gasteiger partial charge in [-0.15, -0.1) is 0 Å². The van der Waals surface area contributed by atoms with E-state index in [1.54, 1.807) is 25.2 Å². The van der Waals surface area contributed by atoms with Gasteiger partial charge < -0.3 is 5.32 Å². The Hall–Kier alpha value is -2.99. The number of hydrogen-bond acceptors (Lipinski definition) is 4. The van der Waals surface area contributed by atoms with Crippen LogP contribution in [-0.2, 0) is 13.1 Å². The van der Waals surface area contributed by atoms with Crippen LogP contribution in [0.3, 0.4) is 0 Å². The highest BCUT2D eigenvalue weighted by molar-refractivity contribution is 6.04. The van der Waals surface area contributed by atoms with Crippen molar-refractivity contribution in [1.29, 1.82) is 0 Å². The summed E-state index contributed by atoms with van der Waals surface area (Å²) in [6, 6.07) is 15.8. The molecule has 6 nitrogen and oxygen atoms in total. The number of amides is 1. The zero-order valence-corrected chi connectivity index (χ0v) is 15.5. The van der Waals surface area contributed by atoms with Crippen LogP contribution in [0, 0.1) is 0 Å². The molecule has 1 aliphatic rings. The molecule has 1 aliphatic carbocycles.